The smallest absolute Gasteiger partial charge is 0.250 e. The molecule has 17 heavy (non-hydrogen) atoms. The molecule has 3 rings (SSSR count). The average molecular weight is 297 g/mol. The standard InChI is InChI=1S/C12H13BrN2O2/c13-8-1-2-9-10(7-8)14-11(16)12(15-9)3-5-17-6-4-12/h1-2,7,15H,3-6H2,(H,14,16). The monoisotopic (exact) mass is 296 g/mol. The lowest BCUT2D eigenvalue weighted by molar-refractivity contribution is -0.123. The van der Waals surface area contributed by atoms with Crippen LogP contribution < -0.4 is 10.6 Å². The SMILES string of the molecule is O=C1Nc2cc(Br)ccc2NC12CCOCC2. The van der Waals surface area contributed by atoms with Gasteiger partial charge in [-0.05, 0) is 18.2 Å². The fraction of sp³-hybridized carbons (Fsp3) is 0.417. The largest absolute Gasteiger partial charge is 0.381 e. The summed E-state index contributed by atoms with van der Waals surface area (Å²) in [6, 6.07) is 5.86. The van der Waals surface area contributed by atoms with Crippen molar-refractivity contribution in [3.8, 4) is 0 Å². The Labute approximate surface area is 108 Å². The predicted molar refractivity (Wildman–Crippen MR) is 69.2 cm³/mol. The topological polar surface area (TPSA) is 50.4 Å². The summed E-state index contributed by atoms with van der Waals surface area (Å²) in [6.45, 7) is 1.26. The summed E-state index contributed by atoms with van der Waals surface area (Å²) in [5.41, 5.74) is 1.33. The Morgan fingerprint density at radius 1 is 1.24 bits per heavy atom. The van der Waals surface area contributed by atoms with E-state index < -0.39 is 5.54 Å². The summed E-state index contributed by atoms with van der Waals surface area (Å²) in [4.78, 5) is 12.2. The summed E-state index contributed by atoms with van der Waals surface area (Å²) < 4.78 is 6.28. The first-order valence-corrected chi connectivity index (χ1v) is 6.46. The number of anilines is 2. The third-order valence-corrected chi connectivity index (χ3v) is 3.88. The minimum absolute atomic E-state index is 0.0476. The normalized spacial score (nSPS) is 21.6. The lowest BCUT2D eigenvalue weighted by Crippen LogP contribution is -2.55. The number of hydrogen-bond acceptors (Lipinski definition) is 3. The van der Waals surface area contributed by atoms with Crippen LogP contribution in [-0.2, 0) is 9.53 Å². The van der Waals surface area contributed by atoms with Crippen LogP contribution in [0, 0.1) is 0 Å². The third kappa shape index (κ3) is 1.83. The van der Waals surface area contributed by atoms with Crippen molar-refractivity contribution in [2.24, 2.45) is 0 Å². The highest BCUT2D eigenvalue weighted by atomic mass is 79.9. The van der Waals surface area contributed by atoms with Crippen LogP contribution in [0.2, 0.25) is 0 Å². The Hall–Kier alpha value is -1.07. The van der Waals surface area contributed by atoms with Crippen molar-refractivity contribution in [1.82, 2.24) is 0 Å². The van der Waals surface area contributed by atoms with Gasteiger partial charge in [0.2, 0.25) is 5.91 Å². The molecular formula is C12H13BrN2O2. The van der Waals surface area contributed by atoms with Crippen LogP contribution in [0.5, 0.6) is 0 Å². The van der Waals surface area contributed by atoms with Gasteiger partial charge in [-0.3, -0.25) is 4.79 Å². The predicted octanol–water partition coefficient (Wildman–Crippen LogP) is 2.36. The van der Waals surface area contributed by atoms with Crippen LogP contribution in [0.4, 0.5) is 11.4 Å². The van der Waals surface area contributed by atoms with Crippen molar-refractivity contribution >= 4 is 33.2 Å². The molecule has 2 N–H and O–H groups in total. The summed E-state index contributed by atoms with van der Waals surface area (Å²) in [7, 11) is 0. The highest BCUT2D eigenvalue weighted by Crippen LogP contribution is 2.37. The van der Waals surface area contributed by atoms with Crippen molar-refractivity contribution in [2.75, 3.05) is 23.8 Å². The molecule has 1 aromatic carbocycles. The van der Waals surface area contributed by atoms with Crippen molar-refractivity contribution < 1.29 is 9.53 Å². The number of carbonyl (C=O) groups excluding carboxylic acids is 1. The van der Waals surface area contributed by atoms with Gasteiger partial charge in [-0.25, -0.2) is 0 Å². The van der Waals surface area contributed by atoms with Crippen LogP contribution in [0.15, 0.2) is 22.7 Å². The van der Waals surface area contributed by atoms with E-state index in [9.17, 15) is 4.79 Å². The molecule has 2 aliphatic rings. The van der Waals surface area contributed by atoms with E-state index in [1.807, 2.05) is 18.2 Å². The molecule has 2 aliphatic heterocycles. The van der Waals surface area contributed by atoms with E-state index in [4.69, 9.17) is 4.74 Å². The third-order valence-electron chi connectivity index (χ3n) is 3.38. The molecule has 1 saturated heterocycles. The Bertz CT molecular complexity index is 470. The summed E-state index contributed by atoms with van der Waals surface area (Å²) >= 11 is 3.40. The average Bonchev–Trinajstić information content (AvgIpc) is 2.33. The molecular weight excluding hydrogens is 284 g/mol. The van der Waals surface area contributed by atoms with Gasteiger partial charge in [0.05, 0.1) is 11.4 Å². The van der Waals surface area contributed by atoms with E-state index in [1.54, 1.807) is 0 Å². The lowest BCUT2D eigenvalue weighted by Gasteiger charge is -2.41. The lowest BCUT2D eigenvalue weighted by atomic mass is 9.86. The maximum absolute atomic E-state index is 12.2. The van der Waals surface area contributed by atoms with E-state index in [0.29, 0.717) is 26.1 Å². The van der Waals surface area contributed by atoms with Gasteiger partial charge in [-0.2, -0.15) is 0 Å². The van der Waals surface area contributed by atoms with Crippen molar-refractivity contribution in [2.45, 2.75) is 18.4 Å². The maximum Gasteiger partial charge on any atom is 0.250 e. The zero-order valence-corrected chi connectivity index (χ0v) is 10.8. The second-order valence-corrected chi connectivity index (χ2v) is 5.38. The van der Waals surface area contributed by atoms with Crippen molar-refractivity contribution in [1.29, 1.82) is 0 Å². The molecule has 0 aliphatic carbocycles. The van der Waals surface area contributed by atoms with Crippen LogP contribution in [0.25, 0.3) is 0 Å². The molecule has 1 amide bonds. The van der Waals surface area contributed by atoms with Gasteiger partial charge in [0.15, 0.2) is 0 Å². The molecule has 1 aromatic rings. The second-order valence-electron chi connectivity index (χ2n) is 4.46. The van der Waals surface area contributed by atoms with Gasteiger partial charge in [-0.1, -0.05) is 15.9 Å². The van der Waals surface area contributed by atoms with Crippen LogP contribution >= 0.6 is 15.9 Å². The highest BCUT2D eigenvalue weighted by Gasteiger charge is 2.43. The van der Waals surface area contributed by atoms with E-state index in [2.05, 4.69) is 26.6 Å². The van der Waals surface area contributed by atoms with Gasteiger partial charge in [0, 0.05) is 30.5 Å². The van der Waals surface area contributed by atoms with E-state index >= 15 is 0 Å². The first kappa shape index (κ1) is 11.0. The molecule has 0 aromatic heterocycles. The van der Waals surface area contributed by atoms with Gasteiger partial charge in [-0.15, -0.1) is 0 Å². The van der Waals surface area contributed by atoms with Gasteiger partial charge in [0.25, 0.3) is 0 Å². The first-order chi connectivity index (χ1) is 8.20. The molecule has 0 saturated carbocycles. The minimum atomic E-state index is -0.487. The quantitative estimate of drug-likeness (QED) is 0.773. The molecule has 0 radical (unpaired) electrons. The second kappa shape index (κ2) is 3.99. The van der Waals surface area contributed by atoms with Crippen molar-refractivity contribution in [3.63, 3.8) is 0 Å². The fourth-order valence-corrected chi connectivity index (χ4v) is 2.72. The van der Waals surface area contributed by atoms with E-state index in [-0.39, 0.29) is 5.91 Å². The van der Waals surface area contributed by atoms with Gasteiger partial charge < -0.3 is 15.4 Å². The summed E-state index contributed by atoms with van der Waals surface area (Å²) in [6.07, 6.45) is 1.43. The number of ether oxygens (including phenoxy) is 1. The first-order valence-electron chi connectivity index (χ1n) is 5.67. The highest BCUT2D eigenvalue weighted by molar-refractivity contribution is 9.10. The van der Waals surface area contributed by atoms with Gasteiger partial charge >= 0.3 is 0 Å². The maximum atomic E-state index is 12.2. The number of rotatable bonds is 0. The molecule has 90 valence electrons. The zero-order chi connectivity index (χ0) is 11.9. The number of nitrogens with one attached hydrogen (secondary N) is 2. The van der Waals surface area contributed by atoms with Gasteiger partial charge in [0.1, 0.15) is 5.54 Å². The zero-order valence-electron chi connectivity index (χ0n) is 9.25. The molecule has 0 bridgehead atoms. The fourth-order valence-electron chi connectivity index (χ4n) is 2.36. The number of carbonyl (C=O) groups is 1. The Balaban J connectivity index is 1.97. The molecule has 1 spiro atoms. The summed E-state index contributed by atoms with van der Waals surface area (Å²) in [5, 5.41) is 6.35. The number of fused-ring (bicyclic) bond motifs is 1. The molecule has 2 heterocycles. The van der Waals surface area contributed by atoms with E-state index in [0.717, 1.165) is 15.8 Å². The molecule has 1 fully saturated rings. The van der Waals surface area contributed by atoms with E-state index in [1.165, 1.54) is 0 Å². The Kier molecular flexibility index (Phi) is 2.60. The number of hydrogen-bond donors (Lipinski definition) is 2. The van der Waals surface area contributed by atoms with Crippen molar-refractivity contribution in [3.05, 3.63) is 22.7 Å². The number of amides is 1. The molecule has 0 atom stereocenters. The van der Waals surface area contributed by atoms with Crippen LogP contribution in [0.3, 0.4) is 0 Å². The van der Waals surface area contributed by atoms with Crippen LogP contribution in [0.1, 0.15) is 12.8 Å². The number of benzene rings is 1. The molecule has 0 unspecified atom stereocenters. The van der Waals surface area contributed by atoms with Crippen LogP contribution in [-0.4, -0.2) is 24.7 Å². The minimum Gasteiger partial charge on any atom is -0.381 e. The Morgan fingerprint density at radius 2 is 2.00 bits per heavy atom. The molecule has 4 nitrogen and oxygen atoms in total. The Morgan fingerprint density at radius 3 is 2.76 bits per heavy atom. The number of halogens is 1. The molecule has 5 heteroatoms. The summed E-state index contributed by atoms with van der Waals surface area (Å²) in [5.74, 6) is 0.0476.